The summed E-state index contributed by atoms with van der Waals surface area (Å²) in [5.41, 5.74) is 2.99. The number of halogens is 1. The molecular formula is C23H21ClN2O3. The van der Waals surface area contributed by atoms with Crippen LogP contribution in [-0.4, -0.2) is 25.0 Å². The van der Waals surface area contributed by atoms with E-state index in [-0.39, 0.29) is 19.1 Å². The summed E-state index contributed by atoms with van der Waals surface area (Å²) in [5.74, 6) is -0.259. The number of hydrogen-bond donors (Lipinski definition) is 2. The van der Waals surface area contributed by atoms with Crippen molar-refractivity contribution in [3.63, 3.8) is 0 Å². The van der Waals surface area contributed by atoms with Gasteiger partial charge in [-0.25, -0.2) is 0 Å². The quantitative estimate of drug-likeness (QED) is 0.595. The lowest BCUT2D eigenvalue weighted by atomic mass is 10.1. The third-order valence-corrected chi connectivity index (χ3v) is 4.47. The van der Waals surface area contributed by atoms with E-state index in [0.717, 1.165) is 16.7 Å². The van der Waals surface area contributed by atoms with Crippen molar-refractivity contribution in [2.24, 2.45) is 0 Å². The molecule has 29 heavy (non-hydrogen) atoms. The average Bonchev–Trinajstić information content (AvgIpc) is 2.76. The van der Waals surface area contributed by atoms with E-state index in [4.69, 9.17) is 16.3 Å². The third kappa shape index (κ3) is 6.36. The lowest BCUT2D eigenvalue weighted by molar-refractivity contribution is -0.127. The fraction of sp³-hybridized carbons (Fsp3) is 0.130. The molecule has 6 heteroatoms. The van der Waals surface area contributed by atoms with Gasteiger partial charge in [-0.15, -0.1) is 0 Å². The zero-order valence-corrected chi connectivity index (χ0v) is 16.5. The molecule has 0 bridgehead atoms. The predicted octanol–water partition coefficient (Wildman–Crippen LogP) is 3.82. The van der Waals surface area contributed by atoms with Crippen LogP contribution in [0.5, 0.6) is 5.75 Å². The molecule has 0 unspecified atom stereocenters. The van der Waals surface area contributed by atoms with Crippen LogP contribution in [0.15, 0.2) is 78.9 Å². The molecule has 0 saturated carbocycles. The van der Waals surface area contributed by atoms with Gasteiger partial charge in [0, 0.05) is 6.54 Å². The first-order chi connectivity index (χ1) is 14.1. The number of hydrogen-bond acceptors (Lipinski definition) is 3. The van der Waals surface area contributed by atoms with Crippen LogP contribution < -0.4 is 15.4 Å². The van der Waals surface area contributed by atoms with E-state index >= 15 is 0 Å². The number of carbonyl (C=O) groups excluding carboxylic acids is 2. The highest BCUT2D eigenvalue weighted by Crippen LogP contribution is 2.30. The van der Waals surface area contributed by atoms with E-state index in [1.165, 1.54) is 0 Å². The SMILES string of the molecule is O=C(CNC(=O)COc1ccc(-c2ccccc2)cc1Cl)NCc1ccccc1. The van der Waals surface area contributed by atoms with Crippen molar-refractivity contribution < 1.29 is 14.3 Å². The van der Waals surface area contributed by atoms with Crippen LogP contribution in [0.2, 0.25) is 5.02 Å². The van der Waals surface area contributed by atoms with Crippen molar-refractivity contribution in [3.05, 3.63) is 89.4 Å². The summed E-state index contributed by atoms with van der Waals surface area (Å²) in [6.07, 6.45) is 0. The topological polar surface area (TPSA) is 67.4 Å². The van der Waals surface area contributed by atoms with Crippen LogP contribution in [0.25, 0.3) is 11.1 Å². The van der Waals surface area contributed by atoms with Gasteiger partial charge in [-0.3, -0.25) is 9.59 Å². The van der Waals surface area contributed by atoms with Crippen LogP contribution in [0.4, 0.5) is 0 Å². The summed E-state index contributed by atoms with van der Waals surface area (Å²) >= 11 is 6.27. The van der Waals surface area contributed by atoms with Gasteiger partial charge >= 0.3 is 0 Å². The Hall–Kier alpha value is -3.31. The minimum Gasteiger partial charge on any atom is -0.482 e. The van der Waals surface area contributed by atoms with E-state index in [0.29, 0.717) is 17.3 Å². The van der Waals surface area contributed by atoms with Crippen LogP contribution >= 0.6 is 11.6 Å². The van der Waals surface area contributed by atoms with Crippen molar-refractivity contribution in [3.8, 4) is 16.9 Å². The molecule has 3 rings (SSSR count). The van der Waals surface area contributed by atoms with Gasteiger partial charge < -0.3 is 15.4 Å². The van der Waals surface area contributed by atoms with Crippen molar-refractivity contribution in [1.82, 2.24) is 10.6 Å². The molecule has 3 aromatic carbocycles. The van der Waals surface area contributed by atoms with E-state index in [2.05, 4.69) is 10.6 Å². The highest BCUT2D eigenvalue weighted by molar-refractivity contribution is 6.32. The largest absolute Gasteiger partial charge is 0.482 e. The van der Waals surface area contributed by atoms with Gasteiger partial charge in [-0.1, -0.05) is 78.3 Å². The van der Waals surface area contributed by atoms with Gasteiger partial charge in [0.2, 0.25) is 5.91 Å². The fourth-order valence-electron chi connectivity index (χ4n) is 2.66. The Morgan fingerprint density at radius 1 is 0.793 bits per heavy atom. The standard InChI is InChI=1S/C23H21ClN2O3/c24-20-13-19(18-9-5-2-6-10-18)11-12-21(20)29-16-23(28)26-15-22(27)25-14-17-7-3-1-4-8-17/h1-13H,14-16H2,(H,25,27)(H,26,28). The number of carbonyl (C=O) groups is 2. The first kappa shape index (κ1) is 20.4. The van der Waals surface area contributed by atoms with Crippen molar-refractivity contribution in [2.75, 3.05) is 13.2 Å². The molecular weight excluding hydrogens is 388 g/mol. The molecule has 2 N–H and O–H groups in total. The second kappa shape index (κ2) is 10.3. The van der Waals surface area contributed by atoms with Crippen LogP contribution in [0.1, 0.15) is 5.56 Å². The normalized spacial score (nSPS) is 10.2. The van der Waals surface area contributed by atoms with Gasteiger partial charge in [-0.05, 0) is 28.8 Å². The zero-order chi connectivity index (χ0) is 20.5. The highest BCUT2D eigenvalue weighted by Gasteiger charge is 2.09. The summed E-state index contributed by atoms with van der Waals surface area (Å²) in [7, 11) is 0. The summed E-state index contributed by atoms with van der Waals surface area (Å²) < 4.78 is 5.48. The molecule has 0 atom stereocenters. The Morgan fingerprint density at radius 3 is 2.17 bits per heavy atom. The average molecular weight is 409 g/mol. The minimum atomic E-state index is -0.400. The highest BCUT2D eigenvalue weighted by atomic mass is 35.5. The summed E-state index contributed by atoms with van der Waals surface area (Å²) in [5, 5.41) is 5.69. The maximum Gasteiger partial charge on any atom is 0.258 e. The number of benzene rings is 3. The monoisotopic (exact) mass is 408 g/mol. The molecule has 0 saturated heterocycles. The van der Waals surface area contributed by atoms with E-state index in [1.54, 1.807) is 12.1 Å². The van der Waals surface area contributed by atoms with E-state index in [9.17, 15) is 9.59 Å². The Kier molecular flexibility index (Phi) is 7.25. The van der Waals surface area contributed by atoms with Crippen LogP contribution in [0.3, 0.4) is 0 Å². The van der Waals surface area contributed by atoms with Crippen molar-refractivity contribution in [2.45, 2.75) is 6.54 Å². The molecule has 0 fully saturated rings. The van der Waals surface area contributed by atoms with Crippen molar-refractivity contribution in [1.29, 1.82) is 0 Å². The summed E-state index contributed by atoms with van der Waals surface area (Å²) in [4.78, 5) is 23.8. The molecule has 0 aliphatic carbocycles. The molecule has 0 aromatic heterocycles. The Bertz CT molecular complexity index is 962. The summed E-state index contributed by atoms with van der Waals surface area (Å²) in [6, 6.07) is 24.8. The smallest absolute Gasteiger partial charge is 0.258 e. The van der Waals surface area contributed by atoms with Crippen LogP contribution in [-0.2, 0) is 16.1 Å². The number of rotatable bonds is 8. The number of nitrogens with one attached hydrogen (secondary N) is 2. The Balaban J connectivity index is 1.42. The fourth-order valence-corrected chi connectivity index (χ4v) is 2.90. The second-order valence-electron chi connectivity index (χ2n) is 6.34. The lowest BCUT2D eigenvalue weighted by Gasteiger charge is -2.10. The molecule has 2 amide bonds. The van der Waals surface area contributed by atoms with Crippen LogP contribution in [0, 0.1) is 0 Å². The van der Waals surface area contributed by atoms with E-state index in [1.807, 2.05) is 66.7 Å². The van der Waals surface area contributed by atoms with Crippen molar-refractivity contribution >= 4 is 23.4 Å². The molecule has 0 heterocycles. The first-order valence-electron chi connectivity index (χ1n) is 9.17. The minimum absolute atomic E-state index is 0.115. The Morgan fingerprint density at radius 2 is 1.48 bits per heavy atom. The van der Waals surface area contributed by atoms with Gasteiger partial charge in [0.05, 0.1) is 11.6 Å². The molecule has 0 radical (unpaired) electrons. The predicted molar refractivity (Wildman–Crippen MR) is 114 cm³/mol. The second-order valence-corrected chi connectivity index (χ2v) is 6.75. The number of amides is 2. The maximum absolute atomic E-state index is 11.9. The molecule has 3 aromatic rings. The van der Waals surface area contributed by atoms with Gasteiger partial charge in [-0.2, -0.15) is 0 Å². The number of ether oxygens (including phenoxy) is 1. The first-order valence-corrected chi connectivity index (χ1v) is 9.55. The van der Waals surface area contributed by atoms with Gasteiger partial charge in [0.1, 0.15) is 5.75 Å². The molecule has 0 aliphatic rings. The molecule has 0 spiro atoms. The van der Waals surface area contributed by atoms with Gasteiger partial charge in [0.15, 0.2) is 6.61 Å². The summed E-state index contributed by atoms with van der Waals surface area (Å²) in [6.45, 7) is 0.0709. The zero-order valence-electron chi connectivity index (χ0n) is 15.7. The third-order valence-electron chi connectivity index (χ3n) is 4.18. The van der Waals surface area contributed by atoms with E-state index < -0.39 is 5.91 Å². The molecule has 0 aliphatic heterocycles. The molecule has 5 nitrogen and oxygen atoms in total. The Labute approximate surface area is 174 Å². The lowest BCUT2D eigenvalue weighted by Crippen LogP contribution is -2.38. The van der Waals surface area contributed by atoms with Gasteiger partial charge in [0.25, 0.3) is 5.91 Å². The molecule has 148 valence electrons. The maximum atomic E-state index is 11.9.